The van der Waals surface area contributed by atoms with Gasteiger partial charge in [-0.05, 0) is 77.6 Å². The number of anilines is 1. The number of nitrogens with zero attached hydrogens (tertiary/aromatic N) is 2. The Balaban J connectivity index is 2.29. The summed E-state index contributed by atoms with van der Waals surface area (Å²) in [7, 11) is 0. The van der Waals surface area contributed by atoms with Gasteiger partial charge in [0.25, 0.3) is 5.69 Å². The average Bonchev–Trinajstić information content (AvgIpc) is 3.00. The predicted octanol–water partition coefficient (Wildman–Crippen LogP) is 3.29. The molecule has 3 aromatic rings. The van der Waals surface area contributed by atoms with Crippen molar-refractivity contribution in [3.05, 3.63) is 136 Å². The lowest BCUT2D eigenvalue weighted by molar-refractivity contribution is -0.384. The van der Waals surface area contributed by atoms with Crippen molar-refractivity contribution in [3.8, 4) is 0 Å². The lowest BCUT2D eigenvalue weighted by Crippen LogP contribution is -2.31. The highest BCUT2D eigenvalue weighted by atomic mass is 16.6. The average molecular weight is 545 g/mol. The first-order valence-electron chi connectivity index (χ1n) is 13.9. The molecule has 0 spiro atoms. The van der Waals surface area contributed by atoms with Gasteiger partial charge < -0.3 is 4.90 Å². The molecule has 0 heterocycles. The normalized spacial score (nSPS) is 10.4. The van der Waals surface area contributed by atoms with Crippen LogP contribution in [0.1, 0.15) is 39.5 Å². The summed E-state index contributed by atoms with van der Waals surface area (Å²) in [5, 5.41) is 16.2. The molecule has 0 saturated carbocycles. The lowest BCUT2D eigenvalue weighted by atomic mass is 10.1. The largest absolute Gasteiger partial charge is 0.366 e. The molecule has 202 valence electrons. The van der Waals surface area contributed by atoms with E-state index >= 15 is 0 Å². The molecule has 4 heteroatoms. The number of hydrogen-bond acceptors (Lipinski definition) is 3. The Morgan fingerprint density at radius 1 is 0.595 bits per heavy atom. The van der Waals surface area contributed by atoms with Crippen molar-refractivity contribution in [2.24, 2.45) is 0 Å². The molecule has 0 atom stereocenters. The number of nitro groups is 1. The van der Waals surface area contributed by atoms with Crippen LogP contribution in [-0.2, 0) is 0 Å². The maximum atomic E-state index is 12.2. The zero-order valence-electron chi connectivity index (χ0n) is 23.7. The summed E-state index contributed by atoms with van der Waals surface area (Å²) in [6, 6.07) is 18.4. The van der Waals surface area contributed by atoms with Crippen LogP contribution < -0.4 is 36.2 Å². The second kappa shape index (κ2) is 15.1. The summed E-state index contributed by atoms with van der Waals surface area (Å²) >= 11 is 0. The summed E-state index contributed by atoms with van der Waals surface area (Å²) in [4.78, 5) is 14.0. The molecular weight excluding hydrogens is 516 g/mol. The maximum absolute atomic E-state index is 12.2. The third-order valence-corrected chi connectivity index (χ3v) is 6.44. The van der Waals surface area contributed by atoms with E-state index < -0.39 is 0 Å². The minimum absolute atomic E-state index is 0.00589. The van der Waals surface area contributed by atoms with Crippen LogP contribution in [0.5, 0.6) is 0 Å². The van der Waals surface area contributed by atoms with Crippen LogP contribution in [0.3, 0.4) is 0 Å². The summed E-state index contributed by atoms with van der Waals surface area (Å²) in [5.41, 5.74) is 36.3. The summed E-state index contributed by atoms with van der Waals surface area (Å²) in [5.74, 6) is 0. The molecule has 0 fully saturated rings. The van der Waals surface area contributed by atoms with Gasteiger partial charge in [0.15, 0.2) is 0 Å². The van der Waals surface area contributed by atoms with E-state index in [9.17, 15) is 10.1 Å². The SMILES string of the molecule is CCCCN(CCCC)c1cc2c(cc1[N+](=O)[O-])=C=C=C=C=c1ccccc1=C=C=C=C=c1ccccc1=C=C=C=C=2. The van der Waals surface area contributed by atoms with E-state index in [1.165, 1.54) is 6.07 Å². The molecule has 42 heavy (non-hydrogen) atoms. The number of unbranched alkanes of at least 4 members (excludes halogenated alkanes) is 2. The standard InChI is InChI=1S/C38H28N2O2/c1-3-5-27-39(28-6-4-2)37-29-35-25-15-13-23-33-21-11-9-19-31(33)17-7-8-18-32-20-10-12-22-34(32)24-14-16-26-36(35)30-38(37)40(41)42/h9-12,19-22,29-30H,3-6,27-28H2,1-2H3. The van der Waals surface area contributed by atoms with Crippen LogP contribution >= 0.6 is 0 Å². The molecule has 4 rings (SSSR count). The van der Waals surface area contributed by atoms with Gasteiger partial charge in [-0.3, -0.25) is 10.1 Å². The van der Waals surface area contributed by atoms with Crippen LogP contribution in [0, 0.1) is 10.1 Å². The lowest BCUT2D eigenvalue weighted by Gasteiger charge is -2.24. The second-order valence-corrected chi connectivity index (χ2v) is 9.43. The smallest absolute Gasteiger partial charge is 0.293 e. The second-order valence-electron chi connectivity index (χ2n) is 9.43. The fourth-order valence-corrected chi connectivity index (χ4v) is 4.23. The molecule has 3 aromatic carbocycles. The Bertz CT molecular complexity index is 2290. The maximum Gasteiger partial charge on any atom is 0.293 e. The van der Waals surface area contributed by atoms with Crippen LogP contribution in [0.2, 0.25) is 0 Å². The fourth-order valence-electron chi connectivity index (χ4n) is 4.23. The Hall–Kier alpha value is -5.78. The molecule has 0 N–H and O–H groups in total. The molecule has 0 radical (unpaired) electrons. The van der Waals surface area contributed by atoms with Crippen molar-refractivity contribution in [2.75, 3.05) is 18.0 Å². The predicted molar refractivity (Wildman–Crippen MR) is 167 cm³/mol. The van der Waals surface area contributed by atoms with Gasteiger partial charge in [0.2, 0.25) is 0 Å². The molecule has 0 aromatic heterocycles. The van der Waals surface area contributed by atoms with Gasteiger partial charge in [-0.1, -0.05) is 85.3 Å². The first-order chi connectivity index (χ1) is 20.6. The zero-order chi connectivity index (χ0) is 29.6. The molecule has 4 nitrogen and oxygen atoms in total. The van der Waals surface area contributed by atoms with Crippen LogP contribution in [0.15, 0.2) is 95.1 Å². The van der Waals surface area contributed by atoms with Crippen LogP contribution in [0.25, 0.3) is 34.4 Å². The van der Waals surface area contributed by atoms with Crippen molar-refractivity contribution >= 4 is 45.8 Å². The molecule has 0 saturated heterocycles. The highest BCUT2D eigenvalue weighted by molar-refractivity contribution is 5.64. The van der Waals surface area contributed by atoms with Gasteiger partial charge in [-0.15, -0.1) is 0 Å². The van der Waals surface area contributed by atoms with E-state index in [4.69, 9.17) is 0 Å². The zero-order valence-corrected chi connectivity index (χ0v) is 23.7. The van der Waals surface area contributed by atoms with Crippen molar-refractivity contribution in [3.63, 3.8) is 0 Å². The minimum Gasteiger partial charge on any atom is -0.366 e. The Morgan fingerprint density at radius 3 is 1.31 bits per heavy atom. The van der Waals surface area contributed by atoms with Crippen LogP contribution in [-0.4, -0.2) is 18.0 Å². The molecule has 0 bridgehead atoms. The molecule has 1 aliphatic carbocycles. The highest BCUT2D eigenvalue weighted by Gasteiger charge is 2.19. The fraction of sp³-hybridized carbons (Fsp3) is 0.211. The minimum atomic E-state index is -0.348. The van der Waals surface area contributed by atoms with Gasteiger partial charge in [-0.2, -0.15) is 0 Å². The molecule has 1 aliphatic rings. The molecule has 0 aliphatic heterocycles. The number of fused-ring (bicyclic) bond motifs is 3. The van der Waals surface area contributed by atoms with E-state index in [-0.39, 0.29) is 10.6 Å². The van der Waals surface area contributed by atoms with Gasteiger partial charge >= 0.3 is 0 Å². The number of rotatable bonds is 8. The quantitative estimate of drug-likeness (QED) is 0.194. The van der Waals surface area contributed by atoms with Gasteiger partial charge in [-0.25, -0.2) is 0 Å². The van der Waals surface area contributed by atoms with E-state index in [0.717, 1.165) is 59.6 Å². The van der Waals surface area contributed by atoms with Crippen molar-refractivity contribution in [1.82, 2.24) is 0 Å². The third-order valence-electron chi connectivity index (χ3n) is 6.44. The van der Waals surface area contributed by atoms with E-state index in [0.29, 0.717) is 16.1 Å². The van der Waals surface area contributed by atoms with Gasteiger partial charge in [0, 0.05) is 50.5 Å². The number of hydrogen-bond donors (Lipinski definition) is 0. The van der Waals surface area contributed by atoms with E-state index in [2.05, 4.69) is 87.5 Å². The van der Waals surface area contributed by atoms with E-state index in [1.807, 2.05) is 48.5 Å². The molecule has 0 amide bonds. The van der Waals surface area contributed by atoms with Crippen LogP contribution in [0.4, 0.5) is 11.4 Å². The monoisotopic (exact) mass is 544 g/mol. The van der Waals surface area contributed by atoms with Crippen molar-refractivity contribution in [1.29, 1.82) is 0 Å². The van der Waals surface area contributed by atoms with Crippen molar-refractivity contribution < 1.29 is 4.92 Å². The van der Waals surface area contributed by atoms with E-state index in [1.54, 1.807) is 6.07 Å². The first-order valence-corrected chi connectivity index (χ1v) is 13.9. The van der Waals surface area contributed by atoms with Gasteiger partial charge in [0.1, 0.15) is 5.69 Å². The summed E-state index contributed by atoms with van der Waals surface area (Å²) in [6.07, 6.45) is 3.83. The number of nitro benzene ring substituents is 1. The van der Waals surface area contributed by atoms with Crippen molar-refractivity contribution in [2.45, 2.75) is 39.5 Å². The summed E-state index contributed by atoms with van der Waals surface area (Å²) in [6.45, 7) is 5.67. The highest BCUT2D eigenvalue weighted by Crippen LogP contribution is 2.25. The molecular formula is C38H28N2O2. The Morgan fingerprint density at radius 2 is 0.952 bits per heavy atom. The third kappa shape index (κ3) is 7.88. The molecule has 0 unspecified atom stereocenters. The summed E-state index contributed by atoms with van der Waals surface area (Å²) < 4.78 is 0. The van der Waals surface area contributed by atoms with Gasteiger partial charge in [0.05, 0.1) is 4.92 Å². The Kier molecular flexibility index (Phi) is 10.5. The topological polar surface area (TPSA) is 46.4 Å². The Labute approximate surface area is 244 Å². The first kappa shape index (κ1) is 29.2. The number of benzene rings is 3.